The van der Waals surface area contributed by atoms with E-state index in [1.807, 2.05) is 6.07 Å². The van der Waals surface area contributed by atoms with E-state index >= 15 is 0 Å². The number of rotatable bonds is 1. The number of benzene rings is 1. The Kier molecular flexibility index (Phi) is 2.71. The van der Waals surface area contributed by atoms with E-state index in [9.17, 15) is 8.78 Å². The molecule has 1 aromatic carbocycles. The Bertz CT molecular complexity index is 590. The van der Waals surface area contributed by atoms with E-state index in [0.29, 0.717) is 10.9 Å². The van der Waals surface area contributed by atoms with Crippen molar-refractivity contribution in [3.05, 3.63) is 40.5 Å². The molecule has 0 unspecified atom stereocenters. The number of pyridine rings is 1. The van der Waals surface area contributed by atoms with Crippen molar-refractivity contribution in [3.63, 3.8) is 0 Å². The molecule has 2 rings (SSSR count). The highest BCUT2D eigenvalue weighted by molar-refractivity contribution is 6.36. The van der Waals surface area contributed by atoms with Crippen LogP contribution in [-0.4, -0.2) is 4.98 Å². The topological polar surface area (TPSA) is 36.7 Å². The molecule has 5 heteroatoms. The molecule has 0 bridgehead atoms. The van der Waals surface area contributed by atoms with Gasteiger partial charge in [0.2, 0.25) is 0 Å². The zero-order valence-electron chi connectivity index (χ0n) is 7.92. The molecule has 16 heavy (non-hydrogen) atoms. The first-order valence-electron chi connectivity index (χ1n) is 4.40. The van der Waals surface area contributed by atoms with Gasteiger partial charge >= 0.3 is 0 Å². The number of hydrogen-bond acceptors (Lipinski definition) is 2. The van der Waals surface area contributed by atoms with Gasteiger partial charge in [-0.25, -0.2) is 8.78 Å². The van der Waals surface area contributed by atoms with Crippen LogP contribution in [0, 0.1) is 11.3 Å². The standard InChI is InChI=1S/C11H5ClF2N2/c12-10-7(4-15)5-16-9-3-6(11(13)14)1-2-8(9)10/h1-3,5,11H. The van der Waals surface area contributed by atoms with Gasteiger partial charge in [0, 0.05) is 17.1 Å². The summed E-state index contributed by atoms with van der Waals surface area (Å²) in [5.74, 6) is 0. The van der Waals surface area contributed by atoms with E-state index in [1.165, 1.54) is 24.4 Å². The van der Waals surface area contributed by atoms with Gasteiger partial charge in [0.15, 0.2) is 0 Å². The summed E-state index contributed by atoms with van der Waals surface area (Å²) in [6.45, 7) is 0. The number of hydrogen-bond donors (Lipinski definition) is 0. The largest absolute Gasteiger partial charge is 0.263 e. The number of fused-ring (bicyclic) bond motifs is 1. The molecule has 0 fully saturated rings. The summed E-state index contributed by atoms with van der Waals surface area (Å²) in [6, 6.07) is 5.88. The van der Waals surface area contributed by atoms with Crippen LogP contribution < -0.4 is 0 Å². The highest BCUT2D eigenvalue weighted by atomic mass is 35.5. The SMILES string of the molecule is N#Cc1cnc2cc(C(F)F)ccc2c1Cl. The predicted octanol–water partition coefficient (Wildman–Crippen LogP) is 3.70. The summed E-state index contributed by atoms with van der Waals surface area (Å²) >= 11 is 5.92. The number of halogens is 3. The molecule has 0 atom stereocenters. The first kappa shape index (κ1) is 10.8. The van der Waals surface area contributed by atoms with Crippen molar-refractivity contribution in [2.75, 3.05) is 0 Å². The second-order valence-electron chi connectivity index (χ2n) is 3.17. The van der Waals surface area contributed by atoms with Gasteiger partial charge in [-0.3, -0.25) is 4.98 Å². The highest BCUT2D eigenvalue weighted by Crippen LogP contribution is 2.28. The lowest BCUT2D eigenvalue weighted by molar-refractivity contribution is 0.151. The van der Waals surface area contributed by atoms with E-state index in [2.05, 4.69) is 4.98 Å². The minimum Gasteiger partial charge on any atom is -0.255 e. The van der Waals surface area contributed by atoms with E-state index in [0.717, 1.165) is 0 Å². The molecule has 0 aliphatic rings. The number of nitrogens with zero attached hydrogens (tertiary/aromatic N) is 2. The monoisotopic (exact) mass is 238 g/mol. The van der Waals surface area contributed by atoms with Crippen LogP contribution in [0.1, 0.15) is 17.6 Å². The third-order valence-corrected chi connectivity index (χ3v) is 2.61. The van der Waals surface area contributed by atoms with Gasteiger partial charge < -0.3 is 0 Å². The van der Waals surface area contributed by atoms with Crippen LogP contribution in [-0.2, 0) is 0 Å². The molecule has 0 spiro atoms. The van der Waals surface area contributed by atoms with Gasteiger partial charge in [-0.2, -0.15) is 5.26 Å². The van der Waals surface area contributed by atoms with Crippen molar-refractivity contribution in [2.45, 2.75) is 6.43 Å². The van der Waals surface area contributed by atoms with Crippen LogP contribution in [0.25, 0.3) is 10.9 Å². The molecule has 1 heterocycles. The third-order valence-electron chi connectivity index (χ3n) is 2.20. The Morgan fingerprint density at radius 2 is 2.12 bits per heavy atom. The van der Waals surface area contributed by atoms with Crippen molar-refractivity contribution in [2.24, 2.45) is 0 Å². The molecule has 0 aliphatic carbocycles. The number of alkyl halides is 2. The number of nitriles is 1. The molecular weight excluding hydrogens is 234 g/mol. The first-order valence-corrected chi connectivity index (χ1v) is 4.77. The van der Waals surface area contributed by atoms with Crippen molar-refractivity contribution >= 4 is 22.5 Å². The van der Waals surface area contributed by atoms with Gasteiger partial charge in [0.25, 0.3) is 6.43 Å². The molecular formula is C11H5ClF2N2. The molecule has 0 saturated heterocycles. The van der Waals surface area contributed by atoms with Crippen molar-refractivity contribution in [1.82, 2.24) is 4.98 Å². The van der Waals surface area contributed by atoms with Crippen LogP contribution >= 0.6 is 11.6 Å². The zero-order chi connectivity index (χ0) is 11.7. The second-order valence-corrected chi connectivity index (χ2v) is 3.55. The third kappa shape index (κ3) is 1.70. The molecule has 1 aromatic heterocycles. The van der Waals surface area contributed by atoms with Crippen molar-refractivity contribution in [1.29, 1.82) is 5.26 Å². The highest BCUT2D eigenvalue weighted by Gasteiger charge is 2.11. The Morgan fingerprint density at radius 1 is 1.38 bits per heavy atom. The minimum atomic E-state index is -2.54. The van der Waals surface area contributed by atoms with Gasteiger partial charge in [0.05, 0.1) is 16.1 Å². The van der Waals surface area contributed by atoms with Crippen LogP contribution in [0.15, 0.2) is 24.4 Å². The summed E-state index contributed by atoms with van der Waals surface area (Å²) in [5, 5.41) is 9.47. The van der Waals surface area contributed by atoms with Gasteiger partial charge in [-0.15, -0.1) is 0 Å². The lowest BCUT2D eigenvalue weighted by Gasteiger charge is -2.04. The lowest BCUT2D eigenvalue weighted by Crippen LogP contribution is -1.89. The summed E-state index contributed by atoms with van der Waals surface area (Å²) < 4.78 is 24.9. The average Bonchev–Trinajstić information content (AvgIpc) is 2.29. The fraction of sp³-hybridized carbons (Fsp3) is 0.0909. The van der Waals surface area contributed by atoms with Crippen LogP contribution in [0.5, 0.6) is 0 Å². The summed E-state index contributed by atoms with van der Waals surface area (Å²) in [5.41, 5.74) is 0.488. The molecule has 2 aromatic rings. The zero-order valence-corrected chi connectivity index (χ0v) is 8.67. The number of aromatic nitrogens is 1. The lowest BCUT2D eigenvalue weighted by atomic mass is 10.1. The average molecular weight is 239 g/mol. The molecule has 2 nitrogen and oxygen atoms in total. The second kappa shape index (κ2) is 4.03. The maximum absolute atomic E-state index is 12.4. The quantitative estimate of drug-likeness (QED) is 0.760. The van der Waals surface area contributed by atoms with Crippen LogP contribution in [0.2, 0.25) is 5.02 Å². The Labute approximate surface area is 95.1 Å². The van der Waals surface area contributed by atoms with Gasteiger partial charge in [-0.05, 0) is 6.07 Å². The molecule has 0 aliphatic heterocycles. The predicted molar refractivity (Wildman–Crippen MR) is 56.4 cm³/mol. The van der Waals surface area contributed by atoms with E-state index in [4.69, 9.17) is 16.9 Å². The fourth-order valence-electron chi connectivity index (χ4n) is 1.39. The van der Waals surface area contributed by atoms with Gasteiger partial charge in [0.1, 0.15) is 6.07 Å². The van der Waals surface area contributed by atoms with Crippen molar-refractivity contribution in [3.8, 4) is 6.07 Å². The molecule has 80 valence electrons. The summed E-state index contributed by atoms with van der Waals surface area (Å²) in [4.78, 5) is 3.92. The maximum Gasteiger partial charge on any atom is 0.263 e. The first-order chi connectivity index (χ1) is 7.63. The Hall–Kier alpha value is -1.73. The molecule has 0 N–H and O–H groups in total. The molecule has 0 amide bonds. The normalized spacial score (nSPS) is 10.7. The van der Waals surface area contributed by atoms with Crippen LogP contribution in [0.4, 0.5) is 8.78 Å². The summed E-state index contributed by atoms with van der Waals surface area (Å²) in [6.07, 6.45) is -1.26. The minimum absolute atomic E-state index is 0.110. The molecule has 0 radical (unpaired) electrons. The Balaban J connectivity index is 2.71. The van der Waals surface area contributed by atoms with E-state index in [-0.39, 0.29) is 16.1 Å². The van der Waals surface area contributed by atoms with E-state index in [1.54, 1.807) is 0 Å². The van der Waals surface area contributed by atoms with E-state index < -0.39 is 6.43 Å². The van der Waals surface area contributed by atoms with Gasteiger partial charge in [-0.1, -0.05) is 23.7 Å². The Morgan fingerprint density at radius 3 is 2.75 bits per heavy atom. The van der Waals surface area contributed by atoms with Crippen molar-refractivity contribution < 1.29 is 8.78 Å². The molecule has 0 saturated carbocycles. The fourth-order valence-corrected chi connectivity index (χ4v) is 1.64. The van der Waals surface area contributed by atoms with Crippen LogP contribution in [0.3, 0.4) is 0 Å². The smallest absolute Gasteiger partial charge is 0.255 e. The summed E-state index contributed by atoms with van der Waals surface area (Å²) in [7, 11) is 0. The maximum atomic E-state index is 12.4.